The second-order valence-electron chi connectivity index (χ2n) is 4.15. The number of aromatic amines is 1. The summed E-state index contributed by atoms with van der Waals surface area (Å²) in [5.41, 5.74) is 5.25. The summed E-state index contributed by atoms with van der Waals surface area (Å²) in [7, 11) is 0. The first-order valence-electron chi connectivity index (χ1n) is 5.78. The second kappa shape index (κ2) is 5.54. The third-order valence-corrected chi connectivity index (χ3v) is 2.73. The number of aliphatic hydroxyl groups excluding tert-OH is 2. The lowest BCUT2D eigenvalue weighted by molar-refractivity contribution is -0.186. The monoisotopic (exact) mass is 285 g/mol. The van der Waals surface area contributed by atoms with Gasteiger partial charge in [-0.3, -0.25) is 14.3 Å². The number of H-pyrrole nitrogens is 1. The third kappa shape index (κ3) is 2.63. The van der Waals surface area contributed by atoms with E-state index in [1.165, 1.54) is 10.9 Å². The topological polar surface area (TPSA) is 160 Å². The van der Waals surface area contributed by atoms with Crippen LogP contribution in [-0.4, -0.2) is 53.8 Å². The van der Waals surface area contributed by atoms with Crippen LogP contribution in [0.4, 0.5) is 5.95 Å². The number of anilines is 1. The van der Waals surface area contributed by atoms with Crippen molar-refractivity contribution in [3.05, 3.63) is 16.7 Å². The van der Waals surface area contributed by atoms with Crippen molar-refractivity contribution in [3.63, 3.8) is 0 Å². The van der Waals surface area contributed by atoms with Crippen molar-refractivity contribution in [2.24, 2.45) is 0 Å². The largest absolute Gasteiger partial charge is 0.393 e. The lowest BCUT2D eigenvalue weighted by atomic mass is 10.3. The Balaban J connectivity index is 2.35. The summed E-state index contributed by atoms with van der Waals surface area (Å²) in [6, 6.07) is 0. The number of nitrogens with zero attached hydrogens (tertiary/aromatic N) is 3. The molecule has 0 saturated carbocycles. The van der Waals surface area contributed by atoms with E-state index in [2.05, 4.69) is 15.0 Å². The number of aliphatic hydroxyl groups is 3. The molecule has 2 aromatic heterocycles. The Hall–Kier alpha value is -2.01. The van der Waals surface area contributed by atoms with Crippen LogP contribution < -0.4 is 11.3 Å². The van der Waals surface area contributed by atoms with Crippen LogP contribution in [0.5, 0.6) is 0 Å². The van der Waals surface area contributed by atoms with Crippen molar-refractivity contribution < 1.29 is 20.1 Å². The Morgan fingerprint density at radius 2 is 2.25 bits per heavy atom. The molecule has 10 nitrogen and oxygen atoms in total. The molecule has 0 aliphatic rings. The Kier molecular flexibility index (Phi) is 3.99. The SMILES string of the molecule is C[C@@H](O[C@H](CO)C(O)O)n1cnc2c(=O)[nH]c(N)nc21. The molecule has 0 aromatic carbocycles. The number of nitrogens with two attached hydrogens (primary N) is 1. The van der Waals surface area contributed by atoms with Crippen LogP contribution >= 0.6 is 0 Å². The summed E-state index contributed by atoms with van der Waals surface area (Å²) in [6.07, 6.45) is -2.46. The fourth-order valence-electron chi connectivity index (χ4n) is 1.74. The molecule has 0 aliphatic carbocycles. The highest BCUT2D eigenvalue weighted by Gasteiger charge is 2.22. The van der Waals surface area contributed by atoms with E-state index >= 15 is 0 Å². The zero-order chi connectivity index (χ0) is 14.9. The highest BCUT2D eigenvalue weighted by atomic mass is 16.6. The average Bonchev–Trinajstić information content (AvgIpc) is 2.79. The van der Waals surface area contributed by atoms with Gasteiger partial charge in [0.15, 0.2) is 17.5 Å². The van der Waals surface area contributed by atoms with E-state index in [-0.39, 0.29) is 17.1 Å². The molecule has 20 heavy (non-hydrogen) atoms. The smallest absolute Gasteiger partial charge is 0.280 e. The van der Waals surface area contributed by atoms with Crippen LogP contribution in [0.1, 0.15) is 13.2 Å². The Bertz CT molecular complexity index is 651. The lowest BCUT2D eigenvalue weighted by Gasteiger charge is -2.22. The molecule has 0 saturated heterocycles. The van der Waals surface area contributed by atoms with E-state index in [1.807, 2.05) is 0 Å². The number of aromatic nitrogens is 4. The minimum atomic E-state index is -1.83. The van der Waals surface area contributed by atoms with Gasteiger partial charge < -0.3 is 25.8 Å². The van der Waals surface area contributed by atoms with Gasteiger partial charge in [0.1, 0.15) is 12.3 Å². The fourth-order valence-corrected chi connectivity index (χ4v) is 1.74. The van der Waals surface area contributed by atoms with E-state index in [0.717, 1.165) is 0 Å². The predicted octanol–water partition coefficient (Wildman–Crippen LogP) is -2.09. The standard InChI is InChI=1S/C10H15N5O5/c1-4(20-5(2-16)9(18)19)15-3-12-6-7(15)13-10(11)14-8(6)17/h3-5,9,16,18-19H,2H2,1H3,(H3,11,13,14,17)/t4-,5-/m1/s1. The molecule has 0 aliphatic heterocycles. The van der Waals surface area contributed by atoms with Gasteiger partial charge in [0.05, 0.1) is 12.9 Å². The van der Waals surface area contributed by atoms with Gasteiger partial charge in [-0.2, -0.15) is 4.98 Å². The van der Waals surface area contributed by atoms with Gasteiger partial charge in [-0.25, -0.2) is 4.98 Å². The number of hydrogen-bond acceptors (Lipinski definition) is 8. The maximum absolute atomic E-state index is 11.6. The van der Waals surface area contributed by atoms with Crippen molar-refractivity contribution in [1.29, 1.82) is 0 Å². The molecule has 110 valence electrons. The first-order valence-corrected chi connectivity index (χ1v) is 5.78. The number of imidazole rings is 1. The van der Waals surface area contributed by atoms with Crippen molar-refractivity contribution in [3.8, 4) is 0 Å². The molecule has 0 amide bonds. The summed E-state index contributed by atoms with van der Waals surface area (Å²) < 4.78 is 6.67. The zero-order valence-electron chi connectivity index (χ0n) is 10.6. The number of fused-ring (bicyclic) bond motifs is 1. The minimum Gasteiger partial charge on any atom is -0.393 e. The van der Waals surface area contributed by atoms with Crippen LogP contribution in [0.3, 0.4) is 0 Å². The van der Waals surface area contributed by atoms with E-state index in [1.54, 1.807) is 6.92 Å². The summed E-state index contributed by atoms with van der Waals surface area (Å²) in [6.45, 7) is 0.996. The molecule has 2 atom stereocenters. The normalized spacial score (nSPS) is 14.8. The average molecular weight is 285 g/mol. The van der Waals surface area contributed by atoms with Crippen LogP contribution in [0.15, 0.2) is 11.1 Å². The van der Waals surface area contributed by atoms with Crippen LogP contribution in [0, 0.1) is 0 Å². The molecule has 0 fully saturated rings. The molecular weight excluding hydrogens is 270 g/mol. The molecule has 2 rings (SSSR count). The van der Waals surface area contributed by atoms with Crippen LogP contribution in [0.25, 0.3) is 11.2 Å². The molecule has 2 heterocycles. The van der Waals surface area contributed by atoms with Gasteiger partial charge in [-0.05, 0) is 6.92 Å². The molecule has 0 bridgehead atoms. The van der Waals surface area contributed by atoms with E-state index in [9.17, 15) is 4.79 Å². The molecule has 10 heteroatoms. The van der Waals surface area contributed by atoms with Gasteiger partial charge >= 0.3 is 0 Å². The van der Waals surface area contributed by atoms with Gasteiger partial charge in [0, 0.05) is 0 Å². The Morgan fingerprint density at radius 1 is 1.55 bits per heavy atom. The second-order valence-corrected chi connectivity index (χ2v) is 4.15. The van der Waals surface area contributed by atoms with Crippen molar-refractivity contribution in [2.75, 3.05) is 12.3 Å². The molecule has 0 unspecified atom stereocenters. The zero-order valence-corrected chi connectivity index (χ0v) is 10.6. The predicted molar refractivity (Wildman–Crippen MR) is 67.5 cm³/mol. The van der Waals surface area contributed by atoms with Gasteiger partial charge in [-0.15, -0.1) is 0 Å². The molecule has 2 aromatic rings. The van der Waals surface area contributed by atoms with E-state index in [4.69, 9.17) is 25.8 Å². The highest BCUT2D eigenvalue weighted by Crippen LogP contribution is 2.17. The maximum Gasteiger partial charge on any atom is 0.280 e. The van der Waals surface area contributed by atoms with Crippen LogP contribution in [-0.2, 0) is 4.74 Å². The number of hydrogen-bond donors (Lipinski definition) is 5. The summed E-state index contributed by atoms with van der Waals surface area (Å²) in [5.74, 6) is -0.0719. The Morgan fingerprint density at radius 3 is 2.85 bits per heavy atom. The summed E-state index contributed by atoms with van der Waals surface area (Å²) in [4.78, 5) is 21.8. The first kappa shape index (κ1) is 14.4. The number of ether oxygens (including phenoxy) is 1. The van der Waals surface area contributed by atoms with E-state index in [0.29, 0.717) is 0 Å². The third-order valence-electron chi connectivity index (χ3n) is 2.73. The number of nitrogen functional groups attached to an aromatic ring is 1. The van der Waals surface area contributed by atoms with Crippen LogP contribution in [0.2, 0.25) is 0 Å². The lowest BCUT2D eigenvalue weighted by Crippen LogP contribution is -2.34. The van der Waals surface area contributed by atoms with E-state index < -0.39 is 30.8 Å². The van der Waals surface area contributed by atoms with Crippen molar-refractivity contribution >= 4 is 17.1 Å². The van der Waals surface area contributed by atoms with Gasteiger partial charge in [0.2, 0.25) is 5.95 Å². The number of rotatable bonds is 5. The number of nitrogens with one attached hydrogen (secondary N) is 1. The van der Waals surface area contributed by atoms with Crippen molar-refractivity contribution in [2.45, 2.75) is 25.5 Å². The first-order chi connectivity index (χ1) is 9.43. The van der Waals surface area contributed by atoms with Gasteiger partial charge in [0.25, 0.3) is 5.56 Å². The minimum absolute atomic E-state index is 0.0719. The highest BCUT2D eigenvalue weighted by molar-refractivity contribution is 5.70. The fraction of sp³-hybridized carbons (Fsp3) is 0.500. The molecular formula is C10H15N5O5. The molecule has 0 radical (unpaired) electrons. The van der Waals surface area contributed by atoms with Crippen molar-refractivity contribution in [1.82, 2.24) is 19.5 Å². The summed E-state index contributed by atoms with van der Waals surface area (Å²) >= 11 is 0. The Labute approximate surface area is 112 Å². The van der Waals surface area contributed by atoms with Gasteiger partial charge in [-0.1, -0.05) is 0 Å². The molecule has 0 spiro atoms. The maximum atomic E-state index is 11.6. The summed E-state index contributed by atoms with van der Waals surface area (Å²) in [5, 5.41) is 27.0. The quantitative estimate of drug-likeness (QED) is 0.391. The molecule has 6 N–H and O–H groups in total.